The Balaban J connectivity index is 1.23. The van der Waals surface area contributed by atoms with Crippen molar-refractivity contribution < 1.29 is 9.13 Å². The molecule has 2 aromatic heterocycles. The van der Waals surface area contributed by atoms with E-state index in [4.69, 9.17) is 37.9 Å². The summed E-state index contributed by atoms with van der Waals surface area (Å²) < 4.78 is 23.1. The Morgan fingerprint density at radius 2 is 1.86 bits per heavy atom. The number of piperazine rings is 1. The molecule has 218 valence electrons. The largest absolute Gasteiger partial charge is 0.461 e. The first-order valence-electron chi connectivity index (χ1n) is 15.0. The molecule has 4 aliphatic heterocycles. The van der Waals surface area contributed by atoms with Crippen LogP contribution in [0, 0.1) is 5.82 Å². The monoisotopic (exact) mass is 606 g/mol. The van der Waals surface area contributed by atoms with Crippen LogP contribution in [0.4, 0.5) is 10.2 Å². The van der Waals surface area contributed by atoms with Gasteiger partial charge in [-0.2, -0.15) is 9.97 Å². The van der Waals surface area contributed by atoms with E-state index >= 15 is 4.39 Å². The predicted molar refractivity (Wildman–Crippen MR) is 165 cm³/mol. The molecular weight excluding hydrogens is 574 g/mol. The highest BCUT2D eigenvalue weighted by Crippen LogP contribution is 2.43. The van der Waals surface area contributed by atoms with E-state index < -0.39 is 5.82 Å². The minimum Gasteiger partial charge on any atom is -0.461 e. The number of nitrogens with one attached hydrogen (secondary N) is 1. The topological polar surface area (TPSA) is 66.4 Å². The summed E-state index contributed by atoms with van der Waals surface area (Å²) in [5, 5.41) is 6.53. The minimum atomic E-state index is -0.491. The van der Waals surface area contributed by atoms with Gasteiger partial charge >= 0.3 is 6.01 Å². The lowest BCUT2D eigenvalue weighted by atomic mass is 9.95. The molecule has 0 radical (unpaired) electrons. The third-order valence-corrected chi connectivity index (χ3v) is 10.6. The van der Waals surface area contributed by atoms with E-state index in [0.29, 0.717) is 52.4 Å². The fraction of sp³-hybridized carbons (Fsp3) is 0.469. The van der Waals surface area contributed by atoms with Crippen molar-refractivity contribution in [1.82, 2.24) is 25.2 Å². The molecule has 2 aromatic carbocycles. The number of aromatic nitrogens is 3. The summed E-state index contributed by atoms with van der Waals surface area (Å²) in [5.74, 6) is 0.825. The standard InChI is InChI=1S/C32H33Cl2FN6O/c33-14-22-10-12-32(11-3-13-41(22)32)18-42-31-38-29-24(30(39-31)40-16-20-8-9-21(17-40)37-20)15-36-28(27(29)35)23-6-1-4-19-5-2-7-25(34)26(19)23/h1-2,4-7,15,20-22,37H,3,8-14,16-18H2/t20-,21+,22-,32-/m0/s1. The maximum atomic E-state index is 16.7. The molecule has 7 nitrogen and oxygen atoms in total. The molecule has 0 spiro atoms. The van der Waals surface area contributed by atoms with Crippen molar-refractivity contribution in [1.29, 1.82) is 0 Å². The van der Waals surface area contributed by atoms with E-state index in [1.165, 1.54) is 0 Å². The first kappa shape index (κ1) is 26.8. The van der Waals surface area contributed by atoms with Gasteiger partial charge < -0.3 is 15.0 Å². The quantitative estimate of drug-likeness (QED) is 0.262. The number of alkyl halides is 1. The van der Waals surface area contributed by atoms with Crippen LogP contribution in [0.5, 0.6) is 6.01 Å². The second-order valence-corrected chi connectivity index (χ2v) is 13.1. The van der Waals surface area contributed by atoms with Gasteiger partial charge in [0.15, 0.2) is 5.82 Å². The van der Waals surface area contributed by atoms with Gasteiger partial charge in [0.25, 0.3) is 0 Å². The number of halogens is 3. The summed E-state index contributed by atoms with van der Waals surface area (Å²) in [4.78, 5) is 19.1. The lowest BCUT2D eigenvalue weighted by molar-refractivity contribution is 0.0896. The van der Waals surface area contributed by atoms with Crippen LogP contribution in [-0.4, -0.2) is 75.6 Å². The van der Waals surface area contributed by atoms with Gasteiger partial charge in [0.05, 0.1) is 10.9 Å². The number of hydrogen-bond donors (Lipinski definition) is 1. The van der Waals surface area contributed by atoms with Gasteiger partial charge in [0.1, 0.15) is 23.6 Å². The summed E-state index contributed by atoms with van der Waals surface area (Å²) in [5.41, 5.74) is 1.02. The van der Waals surface area contributed by atoms with E-state index in [9.17, 15) is 0 Å². The van der Waals surface area contributed by atoms with Crippen molar-refractivity contribution >= 4 is 50.7 Å². The van der Waals surface area contributed by atoms with Gasteiger partial charge in [-0.25, -0.2) is 4.39 Å². The van der Waals surface area contributed by atoms with E-state index in [0.717, 1.165) is 68.9 Å². The van der Waals surface area contributed by atoms with Crippen LogP contribution in [0.3, 0.4) is 0 Å². The molecule has 0 amide bonds. The van der Waals surface area contributed by atoms with Gasteiger partial charge in [0, 0.05) is 59.3 Å². The second-order valence-electron chi connectivity index (χ2n) is 12.4. The first-order chi connectivity index (χ1) is 20.5. The molecular formula is C32H33Cl2FN6O. The van der Waals surface area contributed by atoms with Gasteiger partial charge in [-0.15, -0.1) is 11.6 Å². The molecule has 4 atom stereocenters. The molecule has 4 aliphatic rings. The number of pyridine rings is 1. The fourth-order valence-corrected chi connectivity index (χ4v) is 8.56. The Labute approximate surface area is 254 Å². The van der Waals surface area contributed by atoms with Crippen molar-refractivity contribution in [3.8, 4) is 17.3 Å². The van der Waals surface area contributed by atoms with Crippen molar-refractivity contribution in [2.24, 2.45) is 0 Å². The molecule has 4 saturated heterocycles. The average molecular weight is 608 g/mol. The van der Waals surface area contributed by atoms with Crippen molar-refractivity contribution in [2.75, 3.05) is 37.0 Å². The highest BCUT2D eigenvalue weighted by Gasteiger charge is 2.49. The van der Waals surface area contributed by atoms with Gasteiger partial charge in [-0.1, -0.05) is 41.9 Å². The molecule has 4 fully saturated rings. The molecule has 0 saturated carbocycles. The molecule has 1 N–H and O–H groups in total. The normalized spacial score (nSPS) is 27.3. The average Bonchev–Trinajstić information content (AvgIpc) is 3.68. The van der Waals surface area contributed by atoms with Crippen LogP contribution in [0.15, 0.2) is 42.6 Å². The van der Waals surface area contributed by atoms with Gasteiger partial charge in [-0.05, 0) is 56.5 Å². The maximum absolute atomic E-state index is 16.7. The summed E-state index contributed by atoms with van der Waals surface area (Å²) >= 11 is 12.9. The molecule has 6 heterocycles. The number of hydrogen-bond acceptors (Lipinski definition) is 7. The number of fused-ring (bicyclic) bond motifs is 5. The lowest BCUT2D eigenvalue weighted by Gasteiger charge is -2.35. The Morgan fingerprint density at radius 1 is 1.05 bits per heavy atom. The Bertz CT molecular complexity index is 1670. The van der Waals surface area contributed by atoms with Crippen LogP contribution in [0.2, 0.25) is 5.02 Å². The van der Waals surface area contributed by atoms with Crippen molar-refractivity contribution in [2.45, 2.75) is 62.2 Å². The Kier molecular flexibility index (Phi) is 6.67. The summed E-state index contributed by atoms with van der Waals surface area (Å²) in [7, 11) is 0. The van der Waals surface area contributed by atoms with Crippen LogP contribution < -0.4 is 15.0 Å². The fourth-order valence-electron chi connectivity index (χ4n) is 7.95. The van der Waals surface area contributed by atoms with Crippen LogP contribution in [0.25, 0.3) is 32.9 Å². The van der Waals surface area contributed by atoms with E-state index in [1.807, 2.05) is 36.4 Å². The third kappa shape index (κ3) is 4.33. The molecule has 42 heavy (non-hydrogen) atoms. The molecule has 4 aromatic rings. The SMILES string of the molecule is Fc1c(-c2cccc3cccc(Cl)c23)ncc2c(N3C[C@H]4CC[C@@H](C3)N4)nc(OC[C@@]34CCCN3[C@H](CCl)CC4)nc12. The third-order valence-electron chi connectivity index (χ3n) is 9.95. The number of benzene rings is 2. The van der Waals surface area contributed by atoms with Crippen molar-refractivity contribution in [3.05, 3.63) is 53.4 Å². The lowest BCUT2D eigenvalue weighted by Crippen LogP contribution is -2.51. The Hall–Kier alpha value is -2.78. The number of ether oxygens (including phenoxy) is 1. The summed E-state index contributed by atoms with van der Waals surface area (Å²) in [6.45, 7) is 3.11. The zero-order chi connectivity index (χ0) is 28.4. The number of rotatable bonds is 6. The van der Waals surface area contributed by atoms with Gasteiger partial charge in [-0.3, -0.25) is 9.88 Å². The summed E-state index contributed by atoms with van der Waals surface area (Å²) in [6, 6.07) is 12.8. The van der Waals surface area contributed by atoms with Crippen molar-refractivity contribution in [3.63, 3.8) is 0 Å². The second kappa shape index (κ2) is 10.4. The van der Waals surface area contributed by atoms with Crippen LogP contribution in [0.1, 0.15) is 38.5 Å². The van der Waals surface area contributed by atoms with Crippen LogP contribution in [-0.2, 0) is 0 Å². The predicted octanol–water partition coefficient (Wildman–Crippen LogP) is 6.19. The molecule has 2 bridgehead atoms. The molecule has 10 heteroatoms. The highest BCUT2D eigenvalue weighted by atomic mass is 35.5. The number of anilines is 1. The molecule has 0 unspecified atom stereocenters. The number of nitrogens with zero attached hydrogens (tertiary/aromatic N) is 5. The minimum absolute atomic E-state index is 0.0617. The first-order valence-corrected chi connectivity index (χ1v) is 15.9. The smallest absolute Gasteiger partial charge is 0.319 e. The zero-order valence-electron chi connectivity index (χ0n) is 23.3. The summed E-state index contributed by atoms with van der Waals surface area (Å²) in [6.07, 6.45) is 8.27. The van der Waals surface area contributed by atoms with E-state index in [2.05, 4.69) is 20.1 Å². The maximum Gasteiger partial charge on any atom is 0.319 e. The highest BCUT2D eigenvalue weighted by molar-refractivity contribution is 6.36. The van der Waals surface area contributed by atoms with Crippen LogP contribution >= 0.6 is 23.2 Å². The zero-order valence-corrected chi connectivity index (χ0v) is 24.8. The molecule has 8 rings (SSSR count). The molecule has 0 aliphatic carbocycles. The van der Waals surface area contributed by atoms with E-state index in [-0.39, 0.29) is 22.8 Å². The Morgan fingerprint density at radius 3 is 2.67 bits per heavy atom. The van der Waals surface area contributed by atoms with E-state index in [1.54, 1.807) is 6.20 Å². The van der Waals surface area contributed by atoms with Gasteiger partial charge in [0.2, 0.25) is 0 Å².